The highest BCUT2D eigenvalue weighted by Gasteiger charge is 2.27. The van der Waals surface area contributed by atoms with Crippen LogP contribution in [0.1, 0.15) is 226 Å². The van der Waals surface area contributed by atoms with Crippen molar-refractivity contribution in [2.45, 2.75) is 238 Å². The quantitative estimate of drug-likeness (QED) is 0.0309. The Bertz CT molecular complexity index is 873. The van der Waals surface area contributed by atoms with Crippen molar-refractivity contribution >= 4 is 19.8 Å². The van der Waals surface area contributed by atoms with E-state index in [1.54, 1.807) is 0 Å². The Hall–Kier alpha value is -1.03. The van der Waals surface area contributed by atoms with Crippen LogP contribution < -0.4 is 0 Å². The van der Waals surface area contributed by atoms with Gasteiger partial charge in [0, 0.05) is 12.8 Å². The van der Waals surface area contributed by atoms with Crippen LogP contribution in [-0.2, 0) is 32.7 Å². The van der Waals surface area contributed by atoms with Crippen molar-refractivity contribution in [3.8, 4) is 0 Å². The molecular formula is C43H85O10P. The first kappa shape index (κ1) is 53.0. The number of ether oxygens (including phenoxy) is 2. The minimum atomic E-state index is -4.61. The highest BCUT2D eigenvalue weighted by Crippen LogP contribution is 2.43. The number of carbonyl (C=O) groups is 2. The summed E-state index contributed by atoms with van der Waals surface area (Å²) in [5, 5.41) is 18.3. The number of hydrogen-bond acceptors (Lipinski definition) is 9. The zero-order chi connectivity index (χ0) is 39.8. The minimum absolute atomic E-state index is 0.193. The van der Waals surface area contributed by atoms with E-state index in [1.807, 2.05) is 0 Å². The van der Waals surface area contributed by atoms with Gasteiger partial charge in [-0.3, -0.25) is 18.6 Å². The molecular weight excluding hydrogens is 707 g/mol. The predicted octanol–water partition coefficient (Wildman–Crippen LogP) is 11.8. The molecule has 10 nitrogen and oxygen atoms in total. The molecule has 0 saturated carbocycles. The molecule has 0 aliphatic carbocycles. The highest BCUT2D eigenvalue weighted by atomic mass is 31.2. The molecule has 0 aliphatic rings. The molecule has 0 heterocycles. The third-order valence-electron chi connectivity index (χ3n) is 10.0. The fourth-order valence-corrected chi connectivity index (χ4v) is 7.31. The van der Waals surface area contributed by atoms with E-state index in [9.17, 15) is 24.2 Å². The topological polar surface area (TPSA) is 149 Å². The second-order valence-electron chi connectivity index (χ2n) is 15.4. The van der Waals surface area contributed by atoms with E-state index in [-0.39, 0.29) is 19.4 Å². The van der Waals surface area contributed by atoms with Gasteiger partial charge in [-0.15, -0.1) is 0 Å². The van der Waals surface area contributed by atoms with E-state index in [4.69, 9.17) is 23.6 Å². The van der Waals surface area contributed by atoms with E-state index in [2.05, 4.69) is 13.8 Å². The maximum absolute atomic E-state index is 12.6. The number of esters is 2. The van der Waals surface area contributed by atoms with Crippen molar-refractivity contribution in [3.05, 3.63) is 0 Å². The van der Waals surface area contributed by atoms with Crippen LogP contribution in [0.2, 0.25) is 0 Å². The second-order valence-corrected chi connectivity index (χ2v) is 16.9. The Morgan fingerprint density at radius 3 is 1.15 bits per heavy atom. The van der Waals surface area contributed by atoms with Crippen molar-refractivity contribution < 1.29 is 47.8 Å². The van der Waals surface area contributed by atoms with Crippen molar-refractivity contribution in [1.82, 2.24) is 0 Å². The summed E-state index contributed by atoms with van der Waals surface area (Å²) in [4.78, 5) is 34.9. The molecule has 0 rings (SSSR count). The molecule has 0 amide bonds. The zero-order valence-electron chi connectivity index (χ0n) is 35.0. The van der Waals surface area contributed by atoms with Crippen LogP contribution in [0, 0.1) is 0 Å². The smallest absolute Gasteiger partial charge is 0.462 e. The largest absolute Gasteiger partial charge is 0.472 e. The molecule has 0 aromatic rings. The van der Waals surface area contributed by atoms with E-state index in [0.717, 1.165) is 38.5 Å². The monoisotopic (exact) mass is 793 g/mol. The van der Waals surface area contributed by atoms with Crippen LogP contribution >= 0.6 is 7.82 Å². The van der Waals surface area contributed by atoms with Crippen LogP contribution in [0.3, 0.4) is 0 Å². The van der Waals surface area contributed by atoms with Crippen LogP contribution in [0.4, 0.5) is 0 Å². The molecule has 3 atom stereocenters. The van der Waals surface area contributed by atoms with Crippen molar-refractivity contribution in [2.24, 2.45) is 0 Å². The number of phosphoric ester groups is 1. The molecule has 1 unspecified atom stereocenters. The van der Waals surface area contributed by atoms with Gasteiger partial charge in [-0.1, -0.05) is 200 Å². The van der Waals surface area contributed by atoms with Gasteiger partial charge in [-0.05, 0) is 12.8 Å². The number of phosphoric acid groups is 1. The first-order valence-electron chi connectivity index (χ1n) is 22.5. The van der Waals surface area contributed by atoms with Crippen molar-refractivity contribution in [1.29, 1.82) is 0 Å². The molecule has 0 aromatic carbocycles. The Balaban J connectivity index is 4.17. The summed E-state index contributed by atoms with van der Waals surface area (Å²) in [7, 11) is -4.61. The fraction of sp³-hybridized carbons (Fsp3) is 0.953. The summed E-state index contributed by atoms with van der Waals surface area (Å²) in [6, 6.07) is 0. The van der Waals surface area contributed by atoms with Gasteiger partial charge in [0.25, 0.3) is 0 Å². The number of aliphatic hydroxyl groups is 2. The number of hydrogen-bond donors (Lipinski definition) is 3. The molecule has 0 spiro atoms. The molecule has 0 radical (unpaired) electrons. The minimum Gasteiger partial charge on any atom is -0.462 e. The van der Waals surface area contributed by atoms with Gasteiger partial charge in [0.1, 0.15) is 12.7 Å². The Morgan fingerprint density at radius 1 is 0.481 bits per heavy atom. The maximum atomic E-state index is 12.6. The van der Waals surface area contributed by atoms with E-state index >= 15 is 0 Å². The lowest BCUT2D eigenvalue weighted by Crippen LogP contribution is -2.29. The molecule has 0 bridgehead atoms. The zero-order valence-corrected chi connectivity index (χ0v) is 35.9. The standard InChI is InChI=1S/C43H85O10P/c1-3-5-7-9-11-13-15-16-17-18-19-20-21-22-23-25-27-29-31-33-35-43(47)53-41(39-52-54(48,49)51-37-40(45)36-44)38-50-42(46)34-32-30-28-26-24-14-12-10-8-6-4-2/h40-41,44-45H,3-39H2,1-2H3,(H,48,49)/t40-,41+/m0/s1. The molecule has 11 heteroatoms. The van der Waals surface area contributed by atoms with Gasteiger partial charge >= 0.3 is 19.8 Å². The average molecular weight is 793 g/mol. The number of unbranched alkanes of at least 4 members (excludes halogenated alkanes) is 29. The van der Waals surface area contributed by atoms with Gasteiger partial charge in [0.15, 0.2) is 6.10 Å². The van der Waals surface area contributed by atoms with Gasteiger partial charge < -0.3 is 24.6 Å². The van der Waals surface area contributed by atoms with E-state index in [0.29, 0.717) is 12.8 Å². The summed E-state index contributed by atoms with van der Waals surface area (Å²) in [5.74, 6) is -0.910. The van der Waals surface area contributed by atoms with Gasteiger partial charge in [0.05, 0.1) is 19.8 Å². The summed E-state index contributed by atoms with van der Waals surface area (Å²) < 4.78 is 32.7. The van der Waals surface area contributed by atoms with Crippen LogP contribution in [-0.4, -0.2) is 65.7 Å². The summed E-state index contributed by atoms with van der Waals surface area (Å²) in [6.45, 7) is 2.41. The van der Waals surface area contributed by atoms with Gasteiger partial charge in [-0.2, -0.15) is 0 Å². The summed E-state index contributed by atoms with van der Waals surface area (Å²) in [6.07, 6.45) is 36.4. The van der Waals surface area contributed by atoms with Crippen LogP contribution in [0.25, 0.3) is 0 Å². The van der Waals surface area contributed by atoms with Crippen LogP contribution in [0.15, 0.2) is 0 Å². The Morgan fingerprint density at radius 2 is 0.796 bits per heavy atom. The average Bonchev–Trinajstić information content (AvgIpc) is 3.16. The summed E-state index contributed by atoms with van der Waals surface area (Å²) in [5.41, 5.74) is 0. The lowest BCUT2D eigenvalue weighted by molar-refractivity contribution is -0.161. The Kier molecular flexibility index (Phi) is 39.4. The third kappa shape index (κ3) is 39.2. The molecule has 0 fully saturated rings. The van der Waals surface area contributed by atoms with Crippen LogP contribution in [0.5, 0.6) is 0 Å². The van der Waals surface area contributed by atoms with E-state index in [1.165, 1.54) is 148 Å². The first-order chi connectivity index (χ1) is 26.2. The van der Waals surface area contributed by atoms with Gasteiger partial charge in [-0.25, -0.2) is 4.57 Å². The lowest BCUT2D eigenvalue weighted by atomic mass is 10.0. The number of rotatable bonds is 43. The van der Waals surface area contributed by atoms with Crippen molar-refractivity contribution in [3.63, 3.8) is 0 Å². The third-order valence-corrected chi connectivity index (χ3v) is 11.0. The second kappa shape index (κ2) is 40.2. The molecule has 0 saturated heterocycles. The summed E-state index contributed by atoms with van der Waals surface area (Å²) >= 11 is 0. The van der Waals surface area contributed by atoms with Gasteiger partial charge in [0.2, 0.25) is 0 Å². The SMILES string of the molecule is CCCCCCCCCCCCCCCCCCCCCCC(=O)O[C@H](COC(=O)CCCCCCCCCCCCC)COP(=O)(O)OC[C@@H](O)CO. The first-order valence-corrected chi connectivity index (χ1v) is 24.0. The normalized spacial score (nSPS) is 13.8. The molecule has 0 aliphatic heterocycles. The predicted molar refractivity (Wildman–Crippen MR) is 219 cm³/mol. The molecule has 0 aromatic heterocycles. The molecule has 322 valence electrons. The maximum Gasteiger partial charge on any atom is 0.472 e. The molecule has 54 heavy (non-hydrogen) atoms. The lowest BCUT2D eigenvalue weighted by Gasteiger charge is -2.20. The van der Waals surface area contributed by atoms with Crippen molar-refractivity contribution in [2.75, 3.05) is 26.4 Å². The number of carbonyl (C=O) groups excluding carboxylic acids is 2. The fourth-order valence-electron chi connectivity index (χ4n) is 6.52. The number of aliphatic hydroxyl groups excluding tert-OH is 2. The molecule has 3 N–H and O–H groups in total. The highest BCUT2D eigenvalue weighted by molar-refractivity contribution is 7.47. The van der Waals surface area contributed by atoms with E-state index < -0.39 is 51.8 Å². The Labute approximate surface area is 331 Å².